The minimum Gasteiger partial charge on any atom is -0.0726 e. The van der Waals surface area contributed by atoms with Crippen LogP contribution in [-0.2, 0) is 0 Å². The van der Waals surface area contributed by atoms with Gasteiger partial charge >= 0.3 is 0 Å². The van der Waals surface area contributed by atoms with E-state index < -0.39 is 0 Å². The van der Waals surface area contributed by atoms with Crippen molar-refractivity contribution >= 4 is 46.2 Å². The maximum atomic E-state index is 2.45. The molecule has 6 aromatic rings. The van der Waals surface area contributed by atoms with Crippen LogP contribution in [-0.4, -0.2) is 13.4 Å². The molecule has 250 valence electrons. The first-order valence-corrected chi connectivity index (χ1v) is 18.3. The van der Waals surface area contributed by atoms with Gasteiger partial charge in [0.2, 0.25) is 13.4 Å². The van der Waals surface area contributed by atoms with Crippen molar-refractivity contribution in [2.24, 2.45) is 0 Å². The second-order valence-electron chi connectivity index (χ2n) is 15.3. The molecule has 0 aliphatic rings. The van der Waals surface area contributed by atoms with Crippen molar-refractivity contribution in [1.82, 2.24) is 0 Å². The summed E-state index contributed by atoms with van der Waals surface area (Å²) in [5, 5.41) is 0. The Bertz CT molecular complexity index is 2030. The third kappa shape index (κ3) is 6.54. The van der Waals surface area contributed by atoms with Gasteiger partial charge in [-0.25, -0.2) is 0 Å². The minimum absolute atomic E-state index is 0.0298. The molecule has 50 heavy (non-hydrogen) atoms. The van der Waals surface area contributed by atoms with Crippen LogP contribution in [0.4, 0.5) is 0 Å². The van der Waals surface area contributed by atoms with Gasteiger partial charge in [-0.05, 0) is 94.2 Å². The first-order valence-electron chi connectivity index (χ1n) is 18.3. The molecule has 2 heteroatoms. The molecule has 0 bridgehead atoms. The number of rotatable bonds is 7. The summed E-state index contributed by atoms with van der Waals surface area (Å²) in [6.07, 6.45) is 0. The van der Waals surface area contributed by atoms with Crippen LogP contribution < -0.4 is 32.8 Å². The van der Waals surface area contributed by atoms with Crippen molar-refractivity contribution in [2.45, 2.75) is 83.1 Å². The molecule has 0 N–H and O–H groups in total. The van der Waals surface area contributed by atoms with E-state index in [2.05, 4.69) is 180 Å². The lowest BCUT2D eigenvalue weighted by molar-refractivity contribution is 1.33. The SMILES string of the molecule is Cc1cc(C)c(B(c2cccc(-c3ccccc3)c2B(c2c(C)cc(C)cc2C)c2c(C)cc(C)cc2C)c2c(C)cc(C)cc2C)c(C)c1. The number of hydrogen-bond donors (Lipinski definition) is 0. The van der Waals surface area contributed by atoms with Gasteiger partial charge < -0.3 is 0 Å². The Morgan fingerprint density at radius 1 is 0.300 bits per heavy atom. The van der Waals surface area contributed by atoms with E-state index in [1.54, 1.807) is 0 Å². The first-order chi connectivity index (χ1) is 23.8. The van der Waals surface area contributed by atoms with Crippen LogP contribution in [0, 0.1) is 83.1 Å². The quantitative estimate of drug-likeness (QED) is 0.153. The summed E-state index contributed by atoms with van der Waals surface area (Å²) in [5.74, 6) is 0. The van der Waals surface area contributed by atoms with Crippen molar-refractivity contribution in [2.75, 3.05) is 0 Å². The van der Waals surface area contributed by atoms with Crippen LogP contribution in [0.5, 0.6) is 0 Å². The Hall–Kier alpha value is -4.55. The molecule has 0 radical (unpaired) electrons. The lowest BCUT2D eigenvalue weighted by Gasteiger charge is -2.32. The Balaban J connectivity index is 1.87. The highest BCUT2D eigenvalue weighted by molar-refractivity contribution is 7.05. The molecule has 0 aromatic heterocycles. The lowest BCUT2D eigenvalue weighted by atomic mass is 9.26. The molecular weight excluding hydrogens is 598 g/mol. The van der Waals surface area contributed by atoms with Crippen molar-refractivity contribution in [3.05, 3.63) is 164 Å². The maximum absolute atomic E-state index is 2.45. The van der Waals surface area contributed by atoms with Crippen LogP contribution in [0.15, 0.2) is 97.1 Å². The van der Waals surface area contributed by atoms with Crippen LogP contribution in [0.2, 0.25) is 0 Å². The normalized spacial score (nSPS) is 11.2. The van der Waals surface area contributed by atoms with E-state index in [9.17, 15) is 0 Å². The fourth-order valence-corrected chi connectivity index (χ4v) is 9.50. The van der Waals surface area contributed by atoms with E-state index >= 15 is 0 Å². The Labute approximate surface area is 303 Å². The summed E-state index contributed by atoms with van der Waals surface area (Å²) in [6.45, 7) is 27.6. The van der Waals surface area contributed by atoms with Crippen LogP contribution >= 0.6 is 0 Å². The highest BCUT2D eigenvalue weighted by atomic mass is 14.2. The second-order valence-corrected chi connectivity index (χ2v) is 15.3. The maximum Gasteiger partial charge on any atom is 0.242 e. The second kappa shape index (κ2) is 14.0. The van der Waals surface area contributed by atoms with Crippen molar-refractivity contribution in [3.8, 4) is 11.1 Å². The summed E-state index contributed by atoms with van der Waals surface area (Å²) in [7, 11) is 0. The van der Waals surface area contributed by atoms with E-state index in [1.807, 2.05) is 0 Å². The molecule has 0 fully saturated rings. The van der Waals surface area contributed by atoms with Gasteiger partial charge in [-0.15, -0.1) is 0 Å². The van der Waals surface area contributed by atoms with Crippen molar-refractivity contribution in [3.63, 3.8) is 0 Å². The summed E-state index contributed by atoms with van der Waals surface area (Å²) >= 11 is 0. The van der Waals surface area contributed by atoms with Gasteiger partial charge in [0, 0.05) is 0 Å². The van der Waals surface area contributed by atoms with Gasteiger partial charge in [-0.1, -0.05) is 197 Å². The van der Waals surface area contributed by atoms with E-state index in [-0.39, 0.29) is 13.4 Å². The average Bonchev–Trinajstić information content (AvgIpc) is 3.01. The summed E-state index contributed by atoms with van der Waals surface area (Å²) in [5.41, 5.74) is 27.1. The molecular formula is C48H52B2. The third-order valence-electron chi connectivity index (χ3n) is 10.9. The highest BCUT2D eigenvalue weighted by Gasteiger charge is 2.37. The molecule has 6 rings (SSSR count). The molecule has 0 atom stereocenters. The summed E-state index contributed by atoms with van der Waals surface area (Å²) in [4.78, 5) is 0. The van der Waals surface area contributed by atoms with Gasteiger partial charge in [0.1, 0.15) is 0 Å². The smallest absolute Gasteiger partial charge is 0.0726 e. The zero-order chi connectivity index (χ0) is 36.0. The van der Waals surface area contributed by atoms with Gasteiger partial charge in [-0.3, -0.25) is 0 Å². The molecule has 0 aliphatic carbocycles. The topological polar surface area (TPSA) is 0 Å². The Morgan fingerprint density at radius 3 is 0.960 bits per heavy atom. The summed E-state index contributed by atoms with van der Waals surface area (Å²) in [6, 6.07) is 37.3. The van der Waals surface area contributed by atoms with E-state index in [1.165, 1.54) is 111 Å². The highest BCUT2D eigenvalue weighted by Crippen LogP contribution is 2.22. The Morgan fingerprint density at radius 2 is 0.620 bits per heavy atom. The van der Waals surface area contributed by atoms with E-state index in [4.69, 9.17) is 0 Å². The number of hydrogen-bond acceptors (Lipinski definition) is 0. The average molecular weight is 651 g/mol. The molecule has 0 aliphatic heterocycles. The lowest BCUT2D eigenvalue weighted by Crippen LogP contribution is -2.67. The number of benzene rings is 6. The number of aryl methyl sites for hydroxylation is 12. The fraction of sp³-hybridized carbons (Fsp3) is 0.250. The van der Waals surface area contributed by atoms with Crippen LogP contribution in [0.25, 0.3) is 11.1 Å². The predicted octanol–water partition coefficient (Wildman–Crippen LogP) is 8.09. The van der Waals surface area contributed by atoms with Crippen LogP contribution in [0.1, 0.15) is 66.8 Å². The van der Waals surface area contributed by atoms with Gasteiger partial charge in [0.25, 0.3) is 0 Å². The zero-order valence-electron chi connectivity index (χ0n) is 32.4. The molecule has 0 unspecified atom stereocenters. The third-order valence-corrected chi connectivity index (χ3v) is 10.9. The van der Waals surface area contributed by atoms with Gasteiger partial charge in [0.05, 0.1) is 0 Å². The standard InChI is InChI=1S/C48H52B2/c1-29-21-33(5)44(34(6)22-29)49(45-35(7)23-30(2)24-36(45)8)43-20-16-19-42(41-17-14-13-15-18-41)48(43)50(46-37(9)25-31(3)26-38(46)10)47-39(11)27-32(4)28-40(47)12/h13-28H,1-12H3. The van der Waals surface area contributed by atoms with Crippen molar-refractivity contribution in [1.29, 1.82) is 0 Å². The molecule has 0 amide bonds. The van der Waals surface area contributed by atoms with Gasteiger partial charge in [-0.2, -0.15) is 0 Å². The molecule has 0 heterocycles. The predicted molar refractivity (Wildman–Crippen MR) is 224 cm³/mol. The van der Waals surface area contributed by atoms with E-state index in [0.29, 0.717) is 0 Å². The monoisotopic (exact) mass is 650 g/mol. The fourth-order valence-electron chi connectivity index (χ4n) is 9.50. The molecule has 0 saturated heterocycles. The minimum atomic E-state index is 0.0298. The Kier molecular flexibility index (Phi) is 9.87. The zero-order valence-corrected chi connectivity index (χ0v) is 32.4. The van der Waals surface area contributed by atoms with Gasteiger partial charge in [0.15, 0.2) is 0 Å². The molecule has 0 nitrogen and oxygen atoms in total. The van der Waals surface area contributed by atoms with E-state index in [0.717, 1.165) is 0 Å². The molecule has 6 aromatic carbocycles. The molecule has 0 spiro atoms. The van der Waals surface area contributed by atoms with Crippen LogP contribution in [0.3, 0.4) is 0 Å². The van der Waals surface area contributed by atoms with Crippen molar-refractivity contribution < 1.29 is 0 Å². The largest absolute Gasteiger partial charge is 0.242 e. The molecule has 0 saturated carbocycles. The first kappa shape index (κ1) is 35.3. The summed E-state index contributed by atoms with van der Waals surface area (Å²) < 4.78 is 0.